The van der Waals surface area contributed by atoms with Gasteiger partial charge < -0.3 is 20.9 Å². The number of halogens is 1. The quantitative estimate of drug-likeness (QED) is 0.326. The van der Waals surface area contributed by atoms with Crippen molar-refractivity contribution in [1.29, 1.82) is 0 Å². The minimum Gasteiger partial charge on any atom is -0.379 e. The molecule has 9 nitrogen and oxygen atoms in total. The highest BCUT2D eigenvalue weighted by Crippen LogP contribution is 2.34. The van der Waals surface area contributed by atoms with E-state index < -0.39 is 11.7 Å². The number of amides is 2. The summed E-state index contributed by atoms with van der Waals surface area (Å²) in [4.78, 5) is 38.3. The van der Waals surface area contributed by atoms with Crippen LogP contribution in [-0.2, 0) is 9.59 Å². The van der Waals surface area contributed by atoms with Gasteiger partial charge in [-0.2, -0.15) is 0 Å². The molecule has 1 saturated heterocycles. The van der Waals surface area contributed by atoms with Crippen molar-refractivity contribution in [2.75, 3.05) is 29.0 Å². The average molecular weight is 498 g/mol. The molecule has 186 valence electrons. The second-order valence-corrected chi connectivity index (χ2v) is 8.61. The zero-order valence-electron chi connectivity index (χ0n) is 20.0. The maximum Gasteiger partial charge on any atom is 0.247 e. The molecule has 1 fully saturated rings. The van der Waals surface area contributed by atoms with Crippen LogP contribution in [0.2, 0.25) is 0 Å². The summed E-state index contributed by atoms with van der Waals surface area (Å²) in [6.07, 6.45) is 4.26. The molecule has 0 radical (unpaired) electrons. The van der Waals surface area contributed by atoms with E-state index in [1.54, 1.807) is 36.2 Å². The van der Waals surface area contributed by atoms with E-state index in [-0.39, 0.29) is 29.2 Å². The molecule has 0 saturated carbocycles. The number of likely N-dealkylation sites (tertiary alicyclic amines) is 1. The number of aromatic nitrogens is 3. The number of pyridine rings is 1. The summed E-state index contributed by atoms with van der Waals surface area (Å²) in [7, 11) is 0. The highest BCUT2D eigenvalue weighted by atomic mass is 19.1. The van der Waals surface area contributed by atoms with Crippen LogP contribution >= 0.6 is 0 Å². The monoisotopic (exact) mass is 497 g/mol. The Labute approximate surface area is 212 Å². The van der Waals surface area contributed by atoms with Crippen molar-refractivity contribution in [2.45, 2.75) is 13.0 Å². The van der Waals surface area contributed by atoms with Crippen LogP contribution in [0.5, 0.6) is 0 Å². The van der Waals surface area contributed by atoms with E-state index in [1.807, 2.05) is 24.3 Å². The molecule has 10 heteroatoms. The first-order valence-corrected chi connectivity index (χ1v) is 11.6. The van der Waals surface area contributed by atoms with Gasteiger partial charge in [0.2, 0.25) is 17.8 Å². The zero-order chi connectivity index (χ0) is 25.9. The van der Waals surface area contributed by atoms with E-state index in [9.17, 15) is 9.59 Å². The smallest absolute Gasteiger partial charge is 0.247 e. The van der Waals surface area contributed by atoms with Gasteiger partial charge in [0, 0.05) is 49.2 Å². The molecular weight excluding hydrogens is 473 g/mol. The number of anilines is 4. The van der Waals surface area contributed by atoms with Gasteiger partial charge in [-0.15, -0.1) is 0 Å². The van der Waals surface area contributed by atoms with Crippen LogP contribution < -0.4 is 16.0 Å². The van der Waals surface area contributed by atoms with E-state index in [2.05, 4.69) is 37.5 Å². The average Bonchev–Trinajstić information content (AvgIpc) is 2.87. The van der Waals surface area contributed by atoms with Crippen LogP contribution in [0.1, 0.15) is 6.92 Å². The molecule has 2 aromatic carbocycles. The lowest BCUT2D eigenvalue weighted by molar-refractivity contribution is -0.132. The molecule has 0 aliphatic carbocycles. The van der Waals surface area contributed by atoms with Crippen molar-refractivity contribution in [2.24, 2.45) is 0 Å². The minimum absolute atomic E-state index is 0.0804. The van der Waals surface area contributed by atoms with Gasteiger partial charge in [0.25, 0.3) is 0 Å². The third-order valence-corrected chi connectivity index (χ3v) is 6.03. The first-order valence-electron chi connectivity index (χ1n) is 11.6. The number of carbonyl (C=O) groups excluding carboxylic acids is 2. The number of rotatable bonds is 7. The summed E-state index contributed by atoms with van der Waals surface area (Å²) in [5, 5.41) is 9.84. The van der Waals surface area contributed by atoms with Crippen molar-refractivity contribution in [3.63, 3.8) is 0 Å². The molecule has 0 unspecified atom stereocenters. The van der Waals surface area contributed by atoms with E-state index in [1.165, 1.54) is 12.3 Å². The molecule has 0 atom stereocenters. The van der Waals surface area contributed by atoms with Gasteiger partial charge in [0.15, 0.2) is 0 Å². The van der Waals surface area contributed by atoms with Crippen molar-refractivity contribution in [3.05, 3.63) is 79.4 Å². The van der Waals surface area contributed by atoms with Crippen molar-refractivity contribution in [3.8, 4) is 11.3 Å². The maximum atomic E-state index is 15.1. The predicted octanol–water partition coefficient (Wildman–Crippen LogP) is 4.34. The van der Waals surface area contributed by atoms with Gasteiger partial charge in [-0.05, 0) is 54.6 Å². The molecule has 2 aromatic heterocycles. The first-order chi connectivity index (χ1) is 17.9. The molecule has 5 rings (SSSR count). The van der Waals surface area contributed by atoms with Crippen molar-refractivity contribution < 1.29 is 14.0 Å². The molecule has 3 N–H and O–H groups in total. The summed E-state index contributed by atoms with van der Waals surface area (Å²) in [6, 6.07) is 14.0. The van der Waals surface area contributed by atoms with Gasteiger partial charge in [0.05, 0.1) is 28.5 Å². The largest absolute Gasteiger partial charge is 0.379 e. The predicted molar refractivity (Wildman–Crippen MR) is 141 cm³/mol. The lowest BCUT2D eigenvalue weighted by atomic mass is 10.0. The van der Waals surface area contributed by atoms with Crippen LogP contribution in [0.3, 0.4) is 0 Å². The Morgan fingerprint density at radius 2 is 1.84 bits per heavy atom. The highest BCUT2D eigenvalue weighted by molar-refractivity contribution is 6.03. The molecule has 37 heavy (non-hydrogen) atoms. The van der Waals surface area contributed by atoms with Crippen LogP contribution in [0, 0.1) is 5.82 Å². The van der Waals surface area contributed by atoms with Gasteiger partial charge in [0.1, 0.15) is 5.82 Å². The van der Waals surface area contributed by atoms with E-state index >= 15 is 4.39 Å². The van der Waals surface area contributed by atoms with Crippen LogP contribution in [-0.4, -0.2) is 50.8 Å². The molecule has 2 amide bonds. The molecule has 1 aliphatic rings. The highest BCUT2D eigenvalue weighted by Gasteiger charge is 2.28. The third-order valence-electron chi connectivity index (χ3n) is 6.03. The molecular formula is C27H24FN7O2. The second kappa shape index (κ2) is 10.0. The third kappa shape index (κ3) is 5.08. The lowest BCUT2D eigenvalue weighted by Gasteiger charge is -2.39. The molecule has 0 bridgehead atoms. The molecule has 3 heterocycles. The number of carbonyl (C=O) groups is 2. The summed E-state index contributed by atoms with van der Waals surface area (Å²) < 4.78 is 15.1. The Morgan fingerprint density at radius 3 is 2.57 bits per heavy atom. The Hall–Kier alpha value is -4.86. The summed E-state index contributed by atoms with van der Waals surface area (Å²) in [5.41, 5.74) is 2.78. The zero-order valence-corrected chi connectivity index (χ0v) is 20.0. The minimum atomic E-state index is -0.528. The van der Waals surface area contributed by atoms with E-state index in [4.69, 9.17) is 0 Å². The fourth-order valence-corrected chi connectivity index (χ4v) is 4.09. The number of nitrogens with one attached hydrogen (secondary N) is 3. The molecule has 0 spiro atoms. The van der Waals surface area contributed by atoms with Crippen molar-refractivity contribution >= 4 is 45.7 Å². The Morgan fingerprint density at radius 1 is 1.08 bits per heavy atom. The topological polar surface area (TPSA) is 112 Å². The first kappa shape index (κ1) is 23.9. The fourth-order valence-electron chi connectivity index (χ4n) is 4.09. The summed E-state index contributed by atoms with van der Waals surface area (Å²) in [6.45, 7) is 6.41. The number of hydrogen-bond donors (Lipinski definition) is 3. The Balaban J connectivity index is 1.40. The Kier molecular flexibility index (Phi) is 6.46. The molecule has 1 aliphatic heterocycles. The Bertz CT molecular complexity index is 1500. The van der Waals surface area contributed by atoms with Crippen molar-refractivity contribution in [1.82, 2.24) is 19.9 Å². The normalized spacial score (nSPS) is 13.1. The maximum absolute atomic E-state index is 15.1. The number of nitrogens with zero attached hydrogens (tertiary/aromatic N) is 4. The van der Waals surface area contributed by atoms with E-state index in [0.717, 1.165) is 17.5 Å². The van der Waals surface area contributed by atoms with Gasteiger partial charge in [-0.25, -0.2) is 14.4 Å². The summed E-state index contributed by atoms with van der Waals surface area (Å²) >= 11 is 0. The number of benzene rings is 2. The number of fused-ring (bicyclic) bond motifs is 1. The fraction of sp³-hybridized carbons (Fsp3) is 0.148. The van der Waals surface area contributed by atoms with Gasteiger partial charge >= 0.3 is 0 Å². The number of hydrogen-bond acceptors (Lipinski definition) is 7. The van der Waals surface area contributed by atoms with E-state index in [0.29, 0.717) is 29.7 Å². The SMILES string of the molecule is C=CC(=O)Nc1cccnc1-c1c(F)ccc2cnc(Nc3ccc(NC4CN(C(C)=O)C4)cc3)nc12. The van der Waals surface area contributed by atoms with Gasteiger partial charge in [-0.3, -0.25) is 14.6 Å². The van der Waals surface area contributed by atoms with Crippen LogP contribution in [0.25, 0.3) is 22.2 Å². The summed E-state index contributed by atoms with van der Waals surface area (Å²) in [5.74, 6) is -0.599. The standard InChI is InChI=1S/C27H24FN7O2/c1-3-23(37)33-22-5-4-12-29-26(22)24-21(28)11-6-17-13-30-27(34-25(17)24)32-19-9-7-18(8-10-19)31-20-14-35(15-20)16(2)36/h3-13,20,31H,1,14-15H2,2H3,(H,33,37)(H,30,32,34). The van der Waals surface area contributed by atoms with Crippen LogP contribution in [0.4, 0.5) is 27.4 Å². The lowest BCUT2D eigenvalue weighted by Crippen LogP contribution is -2.56. The van der Waals surface area contributed by atoms with Gasteiger partial charge in [-0.1, -0.05) is 6.58 Å². The molecule has 4 aromatic rings. The van der Waals surface area contributed by atoms with Crippen LogP contribution in [0.15, 0.2) is 73.6 Å². The second-order valence-electron chi connectivity index (χ2n) is 8.61.